The van der Waals surface area contributed by atoms with E-state index in [0.29, 0.717) is 41.5 Å². The highest BCUT2D eigenvalue weighted by atomic mass is 35.5. The highest BCUT2D eigenvalue weighted by molar-refractivity contribution is 6.33. The van der Waals surface area contributed by atoms with Crippen molar-refractivity contribution in [3.8, 4) is 0 Å². The molecule has 2 aromatic rings. The minimum atomic E-state index is -0.596. The highest BCUT2D eigenvalue weighted by Crippen LogP contribution is 2.34. The number of H-pyrrole nitrogens is 1. The van der Waals surface area contributed by atoms with Crippen molar-refractivity contribution in [3.05, 3.63) is 34.6 Å². The van der Waals surface area contributed by atoms with E-state index in [0.717, 1.165) is 6.42 Å². The van der Waals surface area contributed by atoms with Gasteiger partial charge < -0.3 is 16.0 Å². The Balaban J connectivity index is 1.71. The molecule has 1 aliphatic heterocycles. The number of hydrogen-bond donors (Lipinski definition) is 3. The summed E-state index contributed by atoms with van der Waals surface area (Å²) in [5, 5.41) is 17.0. The number of tetrazole rings is 1. The fraction of sp³-hybridized carbons (Fsp3) is 0.565. The number of carbonyl (C=O) groups excluding carboxylic acids is 3. The summed E-state index contributed by atoms with van der Waals surface area (Å²) in [4.78, 5) is 41.3. The summed E-state index contributed by atoms with van der Waals surface area (Å²) in [6.45, 7) is 8.11. The number of anilines is 1. The van der Waals surface area contributed by atoms with Crippen LogP contribution in [-0.4, -0.2) is 61.8 Å². The molecule has 10 nitrogen and oxygen atoms in total. The summed E-state index contributed by atoms with van der Waals surface area (Å²) < 4.78 is 0. The number of nitrogen functional groups attached to an aromatic ring is 1. The normalized spacial score (nSPS) is 17.9. The molecule has 3 atom stereocenters. The Morgan fingerprint density at radius 1 is 1.32 bits per heavy atom. The van der Waals surface area contributed by atoms with E-state index in [9.17, 15) is 14.4 Å². The Hall–Kier alpha value is -3.01. The molecule has 1 saturated heterocycles. The van der Waals surface area contributed by atoms with E-state index in [1.54, 1.807) is 17.0 Å². The van der Waals surface area contributed by atoms with Crippen LogP contribution in [0.15, 0.2) is 18.2 Å². The molecule has 184 valence electrons. The van der Waals surface area contributed by atoms with Crippen LogP contribution in [0.3, 0.4) is 0 Å². The standard InChI is InChI=1S/C23H32ClN7O3/c1-13(10-20-27-29-30-28-20)26-21(33)18-6-5-9-31(18)22(34)15(23(2,3)4)12-19(32)14-7-8-17(25)16(24)11-14/h7-8,11,13,15,18H,5-6,9-10,12,25H2,1-4H3,(H,26,33)(H,27,28,29,30). The van der Waals surface area contributed by atoms with Gasteiger partial charge in [-0.15, -0.1) is 10.2 Å². The van der Waals surface area contributed by atoms with Crippen LogP contribution < -0.4 is 11.1 Å². The van der Waals surface area contributed by atoms with Crippen molar-refractivity contribution in [2.24, 2.45) is 11.3 Å². The molecular formula is C23H32ClN7O3. The van der Waals surface area contributed by atoms with Gasteiger partial charge in [0.05, 0.1) is 16.6 Å². The van der Waals surface area contributed by atoms with Gasteiger partial charge in [-0.05, 0) is 43.4 Å². The van der Waals surface area contributed by atoms with Gasteiger partial charge in [0.1, 0.15) is 6.04 Å². The van der Waals surface area contributed by atoms with Crippen molar-refractivity contribution < 1.29 is 14.4 Å². The second-order valence-corrected chi connectivity index (χ2v) is 10.3. The number of halogens is 1. The van der Waals surface area contributed by atoms with E-state index in [-0.39, 0.29) is 30.1 Å². The first-order valence-electron chi connectivity index (χ1n) is 11.4. The fourth-order valence-corrected chi connectivity index (χ4v) is 4.38. The van der Waals surface area contributed by atoms with Gasteiger partial charge in [-0.1, -0.05) is 37.6 Å². The van der Waals surface area contributed by atoms with Crippen molar-refractivity contribution in [1.29, 1.82) is 0 Å². The topological polar surface area (TPSA) is 147 Å². The fourth-order valence-electron chi connectivity index (χ4n) is 4.20. The smallest absolute Gasteiger partial charge is 0.243 e. The number of aromatic amines is 1. The van der Waals surface area contributed by atoms with Gasteiger partial charge in [-0.25, -0.2) is 0 Å². The predicted molar refractivity (Wildman–Crippen MR) is 128 cm³/mol. The van der Waals surface area contributed by atoms with E-state index in [2.05, 4.69) is 25.9 Å². The minimum Gasteiger partial charge on any atom is -0.398 e. The maximum absolute atomic E-state index is 13.7. The molecule has 1 fully saturated rings. The molecular weight excluding hydrogens is 458 g/mol. The molecule has 11 heteroatoms. The maximum Gasteiger partial charge on any atom is 0.243 e. The average Bonchev–Trinajstić information content (AvgIpc) is 3.44. The van der Waals surface area contributed by atoms with E-state index >= 15 is 0 Å². The minimum absolute atomic E-state index is 0.0155. The Morgan fingerprint density at radius 2 is 2.06 bits per heavy atom. The molecule has 0 saturated carbocycles. The quantitative estimate of drug-likeness (QED) is 0.381. The summed E-state index contributed by atoms with van der Waals surface area (Å²) in [5.74, 6) is -0.691. The number of nitrogens with one attached hydrogen (secondary N) is 2. The Labute approximate surface area is 204 Å². The van der Waals surface area contributed by atoms with E-state index in [1.165, 1.54) is 6.07 Å². The number of benzene rings is 1. The molecule has 0 radical (unpaired) electrons. The molecule has 34 heavy (non-hydrogen) atoms. The zero-order chi connectivity index (χ0) is 25.0. The molecule has 2 amide bonds. The van der Waals surface area contributed by atoms with Crippen LogP contribution in [0.1, 0.15) is 63.1 Å². The van der Waals surface area contributed by atoms with E-state index in [4.69, 9.17) is 17.3 Å². The first-order valence-corrected chi connectivity index (χ1v) is 11.8. The Bertz CT molecular complexity index is 1040. The van der Waals surface area contributed by atoms with Crippen LogP contribution in [0.5, 0.6) is 0 Å². The van der Waals surface area contributed by atoms with Gasteiger partial charge in [0, 0.05) is 31.0 Å². The number of amides is 2. The number of carbonyl (C=O) groups is 3. The molecule has 1 aromatic carbocycles. The van der Waals surface area contributed by atoms with Gasteiger partial charge >= 0.3 is 0 Å². The molecule has 3 unspecified atom stereocenters. The summed E-state index contributed by atoms with van der Waals surface area (Å²) >= 11 is 6.08. The molecule has 0 bridgehead atoms. The number of nitrogens with two attached hydrogens (primary N) is 1. The molecule has 0 aliphatic carbocycles. The summed E-state index contributed by atoms with van der Waals surface area (Å²) in [5.41, 5.74) is 6.07. The maximum atomic E-state index is 13.7. The lowest BCUT2D eigenvalue weighted by Crippen LogP contribution is -2.51. The average molecular weight is 490 g/mol. The van der Waals surface area contributed by atoms with Gasteiger partial charge in [0.25, 0.3) is 0 Å². The van der Waals surface area contributed by atoms with Crippen molar-refractivity contribution in [2.45, 2.75) is 65.5 Å². The van der Waals surface area contributed by atoms with Crippen LogP contribution in [0.25, 0.3) is 0 Å². The summed E-state index contributed by atoms with van der Waals surface area (Å²) in [6.07, 6.45) is 1.74. The van der Waals surface area contributed by atoms with Gasteiger partial charge in [-0.3, -0.25) is 14.4 Å². The SMILES string of the molecule is CC(Cc1nn[nH]n1)NC(=O)C1CCCN1C(=O)C(CC(=O)c1ccc(N)c(Cl)c1)C(C)(C)C. The third-order valence-electron chi connectivity index (χ3n) is 6.16. The van der Waals surface area contributed by atoms with Gasteiger partial charge in [-0.2, -0.15) is 5.21 Å². The predicted octanol–water partition coefficient (Wildman–Crippen LogP) is 2.41. The number of Topliss-reactive ketones (excluding diaryl/α,β-unsaturated/α-hetero) is 1. The molecule has 0 spiro atoms. The molecule has 4 N–H and O–H groups in total. The Morgan fingerprint density at radius 3 is 2.68 bits per heavy atom. The molecule has 2 heterocycles. The first kappa shape index (κ1) is 25.6. The van der Waals surface area contributed by atoms with Crippen LogP contribution >= 0.6 is 11.6 Å². The van der Waals surface area contributed by atoms with Crippen LogP contribution in [0, 0.1) is 11.3 Å². The van der Waals surface area contributed by atoms with Crippen molar-refractivity contribution in [3.63, 3.8) is 0 Å². The number of hydrogen-bond acceptors (Lipinski definition) is 7. The highest BCUT2D eigenvalue weighted by Gasteiger charge is 2.42. The third kappa shape index (κ3) is 6.11. The first-order chi connectivity index (χ1) is 16.0. The van der Waals surface area contributed by atoms with E-state index in [1.807, 2.05) is 27.7 Å². The van der Waals surface area contributed by atoms with Crippen LogP contribution in [-0.2, 0) is 16.0 Å². The number of likely N-dealkylation sites (tertiary alicyclic amines) is 1. The second-order valence-electron chi connectivity index (χ2n) is 9.91. The molecule has 1 aliphatic rings. The van der Waals surface area contributed by atoms with Crippen LogP contribution in [0.2, 0.25) is 5.02 Å². The third-order valence-corrected chi connectivity index (χ3v) is 6.49. The summed E-state index contributed by atoms with van der Waals surface area (Å²) in [7, 11) is 0. The van der Waals surface area contributed by atoms with Crippen LogP contribution in [0.4, 0.5) is 5.69 Å². The second kappa shape index (κ2) is 10.5. The van der Waals surface area contributed by atoms with Crippen molar-refractivity contribution in [2.75, 3.05) is 12.3 Å². The van der Waals surface area contributed by atoms with Crippen molar-refractivity contribution in [1.82, 2.24) is 30.8 Å². The lowest BCUT2D eigenvalue weighted by molar-refractivity contribution is -0.144. The molecule has 1 aromatic heterocycles. The number of aromatic nitrogens is 4. The summed E-state index contributed by atoms with van der Waals surface area (Å²) in [6, 6.07) is 3.93. The van der Waals surface area contributed by atoms with Gasteiger partial charge in [0.2, 0.25) is 11.8 Å². The molecule has 3 rings (SSSR count). The van der Waals surface area contributed by atoms with Gasteiger partial charge in [0.15, 0.2) is 11.6 Å². The Kier molecular flexibility index (Phi) is 7.91. The lowest BCUT2D eigenvalue weighted by Gasteiger charge is -2.35. The zero-order valence-electron chi connectivity index (χ0n) is 20.0. The number of ketones is 1. The van der Waals surface area contributed by atoms with E-state index < -0.39 is 17.4 Å². The van der Waals surface area contributed by atoms with Crippen molar-refractivity contribution >= 4 is 34.9 Å². The zero-order valence-corrected chi connectivity index (χ0v) is 20.7. The monoisotopic (exact) mass is 489 g/mol. The number of nitrogens with zero attached hydrogens (tertiary/aromatic N) is 4. The number of rotatable bonds is 8. The lowest BCUT2D eigenvalue weighted by atomic mass is 9.76. The largest absolute Gasteiger partial charge is 0.398 e.